The summed E-state index contributed by atoms with van der Waals surface area (Å²) < 4.78 is 7.28. The summed E-state index contributed by atoms with van der Waals surface area (Å²) in [6, 6.07) is 13.2. The van der Waals surface area contributed by atoms with E-state index in [1.807, 2.05) is 42.5 Å². The summed E-state index contributed by atoms with van der Waals surface area (Å²) in [6.07, 6.45) is 0.864. The maximum atomic E-state index is 13.3. The van der Waals surface area contributed by atoms with Crippen molar-refractivity contribution in [2.24, 2.45) is 0 Å². The monoisotopic (exact) mass is 493 g/mol. The van der Waals surface area contributed by atoms with E-state index in [0.717, 1.165) is 54.0 Å². The van der Waals surface area contributed by atoms with Gasteiger partial charge in [0.15, 0.2) is 5.13 Å². The topological polar surface area (TPSA) is 45.7 Å². The van der Waals surface area contributed by atoms with Crippen LogP contribution in [-0.4, -0.2) is 55.2 Å². The fraction of sp³-hybridized carbons (Fsp3) is 0.333. The molecule has 1 aromatic heterocycles. The van der Waals surface area contributed by atoms with Crippen molar-refractivity contribution < 1.29 is 9.53 Å². The Balaban J connectivity index is 1.58. The van der Waals surface area contributed by atoms with Gasteiger partial charge in [-0.3, -0.25) is 14.6 Å². The second kappa shape index (κ2) is 9.53. The lowest BCUT2D eigenvalue weighted by atomic mass is 10.2. The first kappa shape index (κ1) is 20.8. The number of hydrogen-bond donors (Lipinski definition) is 0. The highest BCUT2D eigenvalue weighted by Gasteiger charge is 2.22. The molecule has 1 aliphatic heterocycles. The van der Waals surface area contributed by atoms with Gasteiger partial charge in [0.2, 0.25) is 0 Å². The maximum Gasteiger partial charge on any atom is 0.260 e. The van der Waals surface area contributed by atoms with Crippen molar-refractivity contribution in [2.45, 2.75) is 6.42 Å². The van der Waals surface area contributed by atoms with Crippen LogP contribution in [0, 0.1) is 0 Å². The fourth-order valence-corrected chi connectivity index (χ4v) is 5.05. The maximum absolute atomic E-state index is 13.3. The number of fused-ring (bicyclic) bond motifs is 1. The number of carbonyl (C=O) groups excluding carboxylic acids is 1. The van der Waals surface area contributed by atoms with Gasteiger partial charge >= 0.3 is 0 Å². The molecule has 1 aliphatic rings. The van der Waals surface area contributed by atoms with Crippen LogP contribution < -0.4 is 4.90 Å². The summed E-state index contributed by atoms with van der Waals surface area (Å²) >= 11 is 11.3. The molecule has 3 aromatic rings. The number of anilines is 1. The number of hydrogen-bond acceptors (Lipinski definition) is 5. The molecule has 2 aromatic carbocycles. The zero-order valence-corrected chi connectivity index (χ0v) is 19.0. The van der Waals surface area contributed by atoms with E-state index in [0.29, 0.717) is 22.3 Å². The SMILES string of the molecule is O=C(c1cccc(Br)c1)N(CCCN1CCOCC1)c1nc2c(Cl)cccc2s1. The van der Waals surface area contributed by atoms with Crippen LogP contribution in [0.25, 0.3) is 10.2 Å². The van der Waals surface area contributed by atoms with E-state index in [4.69, 9.17) is 21.3 Å². The van der Waals surface area contributed by atoms with Gasteiger partial charge in [0.05, 0.1) is 22.9 Å². The number of carbonyl (C=O) groups is 1. The summed E-state index contributed by atoms with van der Waals surface area (Å²) in [7, 11) is 0. The Hall–Kier alpha value is -1.51. The van der Waals surface area contributed by atoms with Gasteiger partial charge < -0.3 is 4.74 Å². The Bertz CT molecular complexity index is 1010. The van der Waals surface area contributed by atoms with Gasteiger partial charge in [-0.05, 0) is 36.8 Å². The third kappa shape index (κ3) is 4.98. The fourth-order valence-electron chi connectivity index (χ4n) is 3.36. The predicted molar refractivity (Wildman–Crippen MR) is 122 cm³/mol. The summed E-state index contributed by atoms with van der Waals surface area (Å²) in [5.41, 5.74) is 1.38. The quantitative estimate of drug-likeness (QED) is 0.479. The number of para-hydroxylation sites is 1. The van der Waals surface area contributed by atoms with E-state index in [-0.39, 0.29) is 5.91 Å². The Morgan fingerprint density at radius 2 is 2.03 bits per heavy atom. The van der Waals surface area contributed by atoms with Crippen LogP contribution >= 0.6 is 38.9 Å². The molecule has 5 nitrogen and oxygen atoms in total. The number of benzene rings is 2. The molecular formula is C21H21BrClN3O2S. The largest absolute Gasteiger partial charge is 0.379 e. The Kier molecular flexibility index (Phi) is 6.82. The number of aromatic nitrogens is 1. The summed E-state index contributed by atoms with van der Waals surface area (Å²) in [5.74, 6) is -0.0524. The predicted octanol–water partition coefficient (Wildman–Crippen LogP) is 5.08. The molecule has 152 valence electrons. The summed E-state index contributed by atoms with van der Waals surface area (Å²) in [4.78, 5) is 22.2. The Morgan fingerprint density at radius 3 is 2.79 bits per heavy atom. The standard InChI is InChI=1S/C21H21BrClN3O2S/c22-16-5-1-4-15(14-16)20(27)26(9-3-8-25-10-12-28-13-11-25)21-24-19-17(23)6-2-7-18(19)29-21/h1-2,4-7,14H,3,8-13H2. The Labute approximate surface area is 187 Å². The highest BCUT2D eigenvalue weighted by molar-refractivity contribution is 9.10. The van der Waals surface area contributed by atoms with Crippen molar-refractivity contribution in [3.63, 3.8) is 0 Å². The van der Waals surface area contributed by atoms with Crippen molar-refractivity contribution in [3.8, 4) is 0 Å². The van der Waals surface area contributed by atoms with Crippen LogP contribution in [0.15, 0.2) is 46.9 Å². The molecule has 0 saturated carbocycles. The van der Waals surface area contributed by atoms with E-state index in [9.17, 15) is 4.79 Å². The van der Waals surface area contributed by atoms with Crippen LogP contribution in [0.1, 0.15) is 16.8 Å². The van der Waals surface area contributed by atoms with E-state index in [2.05, 4.69) is 20.8 Å². The zero-order valence-electron chi connectivity index (χ0n) is 15.8. The number of halogens is 2. The molecule has 1 saturated heterocycles. The number of morpholine rings is 1. The van der Waals surface area contributed by atoms with Crippen molar-refractivity contribution >= 4 is 60.1 Å². The molecule has 4 rings (SSSR count). The van der Waals surface area contributed by atoms with E-state index in [1.165, 1.54) is 11.3 Å². The van der Waals surface area contributed by atoms with Crippen LogP contribution in [-0.2, 0) is 4.74 Å². The zero-order chi connectivity index (χ0) is 20.2. The van der Waals surface area contributed by atoms with Gasteiger partial charge in [-0.2, -0.15) is 0 Å². The van der Waals surface area contributed by atoms with E-state index >= 15 is 0 Å². The highest BCUT2D eigenvalue weighted by atomic mass is 79.9. The molecule has 29 heavy (non-hydrogen) atoms. The molecule has 0 aliphatic carbocycles. The minimum atomic E-state index is -0.0524. The van der Waals surface area contributed by atoms with Gasteiger partial charge in [-0.25, -0.2) is 4.98 Å². The smallest absolute Gasteiger partial charge is 0.260 e. The average molecular weight is 495 g/mol. The molecule has 0 N–H and O–H groups in total. The normalized spacial score (nSPS) is 15.0. The first-order valence-corrected chi connectivity index (χ1v) is 11.5. The van der Waals surface area contributed by atoms with E-state index in [1.54, 1.807) is 4.90 Å². The second-order valence-electron chi connectivity index (χ2n) is 6.86. The van der Waals surface area contributed by atoms with E-state index < -0.39 is 0 Å². The summed E-state index contributed by atoms with van der Waals surface area (Å²) in [5, 5.41) is 1.29. The number of amides is 1. The molecule has 0 radical (unpaired) electrons. The van der Waals surface area contributed by atoms with Gasteiger partial charge in [-0.1, -0.05) is 51.0 Å². The molecule has 0 atom stereocenters. The van der Waals surface area contributed by atoms with Gasteiger partial charge in [0.25, 0.3) is 5.91 Å². The lowest BCUT2D eigenvalue weighted by Gasteiger charge is -2.27. The van der Waals surface area contributed by atoms with Gasteiger partial charge in [-0.15, -0.1) is 0 Å². The Morgan fingerprint density at radius 1 is 1.24 bits per heavy atom. The minimum Gasteiger partial charge on any atom is -0.379 e. The molecular weight excluding hydrogens is 474 g/mol. The van der Waals surface area contributed by atoms with Crippen molar-refractivity contribution in [2.75, 3.05) is 44.3 Å². The van der Waals surface area contributed by atoms with Crippen LogP contribution in [0.4, 0.5) is 5.13 Å². The second-order valence-corrected chi connectivity index (χ2v) is 9.19. The minimum absolute atomic E-state index is 0.0524. The van der Waals surface area contributed by atoms with Crippen molar-refractivity contribution in [1.82, 2.24) is 9.88 Å². The van der Waals surface area contributed by atoms with Gasteiger partial charge in [0, 0.05) is 36.2 Å². The molecule has 1 amide bonds. The number of rotatable bonds is 6. The number of thiazole rings is 1. The average Bonchev–Trinajstić information content (AvgIpc) is 3.17. The highest BCUT2D eigenvalue weighted by Crippen LogP contribution is 2.33. The molecule has 8 heteroatoms. The first-order valence-electron chi connectivity index (χ1n) is 9.54. The molecule has 0 bridgehead atoms. The first-order chi connectivity index (χ1) is 14.1. The van der Waals surface area contributed by atoms with Crippen LogP contribution in [0.2, 0.25) is 5.02 Å². The third-order valence-corrected chi connectivity index (χ3v) is 6.71. The lowest BCUT2D eigenvalue weighted by molar-refractivity contribution is 0.0376. The molecule has 2 heterocycles. The third-order valence-electron chi connectivity index (χ3n) is 4.87. The number of ether oxygens (including phenoxy) is 1. The number of nitrogens with zero attached hydrogens (tertiary/aromatic N) is 3. The van der Waals surface area contributed by atoms with Crippen molar-refractivity contribution in [3.05, 3.63) is 57.5 Å². The van der Waals surface area contributed by atoms with Crippen LogP contribution in [0.5, 0.6) is 0 Å². The summed E-state index contributed by atoms with van der Waals surface area (Å²) in [6.45, 7) is 4.96. The lowest BCUT2D eigenvalue weighted by Crippen LogP contribution is -2.39. The van der Waals surface area contributed by atoms with Crippen molar-refractivity contribution in [1.29, 1.82) is 0 Å². The molecule has 0 unspecified atom stereocenters. The molecule has 1 fully saturated rings. The van der Waals surface area contributed by atoms with Crippen LogP contribution in [0.3, 0.4) is 0 Å². The van der Waals surface area contributed by atoms with Gasteiger partial charge in [0.1, 0.15) is 5.52 Å². The molecule has 0 spiro atoms.